The standard InChI is InChI=1S/C26H42N2O2S/c1-19(20-8-4-3-5-9-20)31-25-18-28(24-11-7-6-10-23(24)25)17-16-27-26(29)21-12-14-22(30-2)15-13-21/h18-22H,3-17H2,1-2H3,(H,27,29). The molecule has 1 amide bonds. The number of carbonyl (C=O) groups excluding carboxylic acids is 1. The van der Waals surface area contributed by atoms with Crippen LogP contribution >= 0.6 is 11.8 Å². The molecular weight excluding hydrogens is 404 g/mol. The number of ether oxygens (including phenoxy) is 1. The number of hydrogen-bond donors (Lipinski definition) is 1. The van der Waals surface area contributed by atoms with Gasteiger partial charge in [0.05, 0.1) is 6.10 Å². The Labute approximate surface area is 193 Å². The molecular formula is C26H42N2O2S. The van der Waals surface area contributed by atoms with Gasteiger partial charge < -0.3 is 14.6 Å². The topological polar surface area (TPSA) is 43.3 Å². The van der Waals surface area contributed by atoms with E-state index in [2.05, 4.69) is 34.8 Å². The van der Waals surface area contributed by atoms with Crippen LogP contribution in [0.1, 0.15) is 88.8 Å². The molecule has 1 aromatic heterocycles. The lowest BCUT2D eigenvalue weighted by molar-refractivity contribution is -0.126. The van der Waals surface area contributed by atoms with Gasteiger partial charge in [-0.15, -0.1) is 11.8 Å². The summed E-state index contributed by atoms with van der Waals surface area (Å²) in [5.74, 6) is 1.30. The molecule has 174 valence electrons. The van der Waals surface area contributed by atoms with Crippen molar-refractivity contribution in [3.05, 3.63) is 17.5 Å². The fourth-order valence-corrected chi connectivity index (χ4v) is 7.39. The lowest BCUT2D eigenvalue weighted by Crippen LogP contribution is -2.36. The minimum atomic E-state index is 0.174. The maximum Gasteiger partial charge on any atom is 0.223 e. The lowest BCUT2D eigenvalue weighted by atomic mass is 9.87. The van der Waals surface area contributed by atoms with Gasteiger partial charge in [0, 0.05) is 48.2 Å². The van der Waals surface area contributed by atoms with Crippen molar-refractivity contribution in [1.82, 2.24) is 9.88 Å². The van der Waals surface area contributed by atoms with Gasteiger partial charge in [-0.25, -0.2) is 0 Å². The van der Waals surface area contributed by atoms with Gasteiger partial charge in [-0.3, -0.25) is 4.79 Å². The van der Waals surface area contributed by atoms with Crippen LogP contribution in [0.15, 0.2) is 11.1 Å². The van der Waals surface area contributed by atoms with Gasteiger partial charge in [0.1, 0.15) is 0 Å². The van der Waals surface area contributed by atoms with Gasteiger partial charge in [0.25, 0.3) is 0 Å². The lowest BCUT2D eigenvalue weighted by Gasteiger charge is -2.27. The van der Waals surface area contributed by atoms with Crippen molar-refractivity contribution in [1.29, 1.82) is 0 Å². The number of thioether (sulfide) groups is 1. The summed E-state index contributed by atoms with van der Waals surface area (Å²) in [5.41, 5.74) is 3.16. The molecule has 0 saturated heterocycles. The van der Waals surface area contributed by atoms with E-state index >= 15 is 0 Å². The first-order valence-electron chi connectivity index (χ1n) is 12.8. The number of fused-ring (bicyclic) bond motifs is 1. The highest BCUT2D eigenvalue weighted by Crippen LogP contribution is 2.40. The molecule has 3 aliphatic carbocycles. The Hall–Kier alpha value is -0.940. The summed E-state index contributed by atoms with van der Waals surface area (Å²) in [4.78, 5) is 14.2. The van der Waals surface area contributed by atoms with Gasteiger partial charge in [-0.1, -0.05) is 26.2 Å². The van der Waals surface area contributed by atoms with E-state index in [1.165, 1.54) is 62.7 Å². The van der Waals surface area contributed by atoms with Gasteiger partial charge in [-0.05, 0) is 75.7 Å². The smallest absolute Gasteiger partial charge is 0.223 e. The SMILES string of the molecule is COC1CCC(C(=O)NCCn2cc(SC(C)C3CCCCC3)c3c2CCCC3)CC1. The average molecular weight is 447 g/mol. The largest absolute Gasteiger partial charge is 0.381 e. The summed E-state index contributed by atoms with van der Waals surface area (Å²) < 4.78 is 7.91. The minimum absolute atomic E-state index is 0.174. The van der Waals surface area contributed by atoms with Crippen LogP contribution in [0.2, 0.25) is 0 Å². The molecule has 1 unspecified atom stereocenters. The van der Waals surface area contributed by atoms with Crippen LogP contribution in [0.4, 0.5) is 0 Å². The summed E-state index contributed by atoms with van der Waals surface area (Å²) in [6, 6.07) is 0. The van der Waals surface area contributed by atoms with Gasteiger partial charge >= 0.3 is 0 Å². The highest BCUT2D eigenvalue weighted by atomic mass is 32.2. The van der Waals surface area contributed by atoms with Crippen molar-refractivity contribution in [2.45, 2.75) is 113 Å². The molecule has 2 fully saturated rings. The molecule has 3 aliphatic rings. The van der Waals surface area contributed by atoms with Crippen molar-refractivity contribution >= 4 is 17.7 Å². The Kier molecular flexibility index (Phi) is 8.44. The molecule has 1 aromatic rings. The second kappa shape index (κ2) is 11.3. The Balaban J connectivity index is 1.32. The van der Waals surface area contributed by atoms with Crippen molar-refractivity contribution in [2.75, 3.05) is 13.7 Å². The number of carbonyl (C=O) groups is 1. The molecule has 4 rings (SSSR count). The summed E-state index contributed by atoms with van der Waals surface area (Å²) in [6.07, 6.45) is 18.9. The Morgan fingerprint density at radius 1 is 1.10 bits per heavy atom. The van der Waals surface area contributed by atoms with Crippen LogP contribution in [0.3, 0.4) is 0 Å². The normalized spacial score (nSPS) is 25.7. The van der Waals surface area contributed by atoms with Crippen molar-refractivity contribution in [3.8, 4) is 0 Å². The van der Waals surface area contributed by atoms with Crippen LogP contribution < -0.4 is 5.32 Å². The molecule has 5 heteroatoms. The van der Waals surface area contributed by atoms with E-state index in [9.17, 15) is 4.79 Å². The summed E-state index contributed by atoms with van der Waals surface area (Å²) in [5, 5.41) is 3.95. The third-order valence-corrected chi connectivity index (χ3v) is 9.38. The Bertz CT molecular complexity index is 717. The summed E-state index contributed by atoms with van der Waals surface area (Å²) >= 11 is 2.13. The molecule has 0 aliphatic heterocycles. The number of methoxy groups -OCH3 is 1. The third kappa shape index (κ3) is 5.90. The van der Waals surface area contributed by atoms with Gasteiger partial charge in [0.15, 0.2) is 0 Å². The molecule has 0 aromatic carbocycles. The molecule has 1 atom stereocenters. The number of aromatic nitrogens is 1. The van der Waals surface area contributed by atoms with Gasteiger partial charge in [-0.2, -0.15) is 0 Å². The zero-order chi connectivity index (χ0) is 21.6. The number of hydrogen-bond acceptors (Lipinski definition) is 3. The molecule has 31 heavy (non-hydrogen) atoms. The molecule has 1 heterocycles. The minimum Gasteiger partial charge on any atom is -0.381 e. The van der Waals surface area contributed by atoms with Crippen LogP contribution in [0.5, 0.6) is 0 Å². The quantitative estimate of drug-likeness (QED) is 0.517. The van der Waals surface area contributed by atoms with Crippen molar-refractivity contribution in [3.63, 3.8) is 0 Å². The second-order valence-corrected chi connectivity index (χ2v) is 11.5. The molecule has 2 saturated carbocycles. The first-order chi connectivity index (χ1) is 15.2. The van der Waals surface area contributed by atoms with Crippen LogP contribution in [-0.2, 0) is 28.9 Å². The molecule has 1 N–H and O–H groups in total. The fourth-order valence-electron chi connectivity index (χ4n) is 5.97. The van der Waals surface area contributed by atoms with E-state index in [4.69, 9.17) is 4.74 Å². The summed E-state index contributed by atoms with van der Waals surface area (Å²) in [6.45, 7) is 4.10. The maximum absolute atomic E-state index is 12.6. The number of rotatable bonds is 8. The van der Waals surface area contributed by atoms with Crippen molar-refractivity contribution in [2.24, 2.45) is 11.8 Å². The van der Waals surface area contributed by atoms with E-state index in [0.717, 1.165) is 44.7 Å². The molecule has 4 nitrogen and oxygen atoms in total. The van der Waals surface area contributed by atoms with Crippen molar-refractivity contribution < 1.29 is 9.53 Å². The van der Waals surface area contributed by atoms with Crippen LogP contribution in [-0.4, -0.2) is 35.5 Å². The monoisotopic (exact) mass is 446 g/mol. The number of nitrogens with one attached hydrogen (secondary N) is 1. The van der Waals surface area contributed by atoms with E-state index in [1.807, 2.05) is 0 Å². The van der Waals surface area contributed by atoms with Crippen LogP contribution in [0.25, 0.3) is 0 Å². The third-order valence-electron chi connectivity index (χ3n) is 8.01. The number of nitrogens with zero attached hydrogens (tertiary/aromatic N) is 1. The summed E-state index contributed by atoms with van der Waals surface area (Å²) in [7, 11) is 1.78. The first kappa shape index (κ1) is 23.2. The Morgan fingerprint density at radius 3 is 2.58 bits per heavy atom. The first-order valence-corrected chi connectivity index (χ1v) is 13.7. The van der Waals surface area contributed by atoms with E-state index in [1.54, 1.807) is 18.4 Å². The zero-order valence-electron chi connectivity index (χ0n) is 19.7. The van der Waals surface area contributed by atoms with Crippen LogP contribution in [0, 0.1) is 11.8 Å². The second-order valence-electron chi connectivity index (χ2n) is 10.0. The Morgan fingerprint density at radius 2 is 1.84 bits per heavy atom. The highest BCUT2D eigenvalue weighted by molar-refractivity contribution is 8.00. The maximum atomic E-state index is 12.6. The van der Waals surface area contributed by atoms with E-state index in [-0.39, 0.29) is 11.8 Å². The highest BCUT2D eigenvalue weighted by Gasteiger charge is 2.27. The zero-order valence-corrected chi connectivity index (χ0v) is 20.5. The molecule has 0 bridgehead atoms. The molecule has 0 spiro atoms. The predicted molar refractivity (Wildman–Crippen MR) is 129 cm³/mol. The predicted octanol–water partition coefficient (Wildman–Crippen LogP) is 5.75. The van der Waals surface area contributed by atoms with E-state index in [0.29, 0.717) is 11.4 Å². The number of amides is 1. The average Bonchev–Trinajstić information content (AvgIpc) is 3.17. The molecule has 0 radical (unpaired) electrons. The fraction of sp³-hybridized carbons (Fsp3) is 0.808. The van der Waals surface area contributed by atoms with E-state index < -0.39 is 0 Å². The van der Waals surface area contributed by atoms with Gasteiger partial charge in [0.2, 0.25) is 5.91 Å².